The SMILES string of the molecule is CN[C@@H]1CCc2c(c3cc(C(N)=O)ccc3n2N=O)C1. The van der Waals surface area contributed by atoms with Gasteiger partial charge in [0.2, 0.25) is 5.91 Å². The van der Waals surface area contributed by atoms with E-state index in [-0.39, 0.29) is 0 Å². The lowest BCUT2D eigenvalue weighted by molar-refractivity contribution is 0.100. The summed E-state index contributed by atoms with van der Waals surface area (Å²) < 4.78 is 1.45. The molecule has 3 N–H and O–H groups in total. The molecule has 0 fully saturated rings. The number of amides is 1. The minimum Gasteiger partial charge on any atom is -0.366 e. The zero-order valence-corrected chi connectivity index (χ0v) is 11.2. The summed E-state index contributed by atoms with van der Waals surface area (Å²) in [6.45, 7) is 0. The van der Waals surface area contributed by atoms with E-state index in [0.717, 1.165) is 41.4 Å². The van der Waals surface area contributed by atoms with Crippen LogP contribution in [0.25, 0.3) is 10.9 Å². The normalized spacial score (nSPS) is 17.9. The highest BCUT2D eigenvalue weighted by atomic mass is 16.3. The van der Waals surface area contributed by atoms with Gasteiger partial charge in [0, 0.05) is 22.7 Å². The molecule has 1 aromatic heterocycles. The molecule has 0 radical (unpaired) electrons. The van der Waals surface area contributed by atoms with E-state index in [4.69, 9.17) is 5.73 Å². The van der Waals surface area contributed by atoms with Crippen molar-refractivity contribution in [2.75, 3.05) is 7.05 Å². The van der Waals surface area contributed by atoms with Crippen molar-refractivity contribution in [2.45, 2.75) is 25.3 Å². The molecule has 104 valence electrons. The third kappa shape index (κ3) is 1.80. The lowest BCUT2D eigenvalue weighted by atomic mass is 9.91. The van der Waals surface area contributed by atoms with Crippen molar-refractivity contribution in [3.63, 3.8) is 0 Å². The van der Waals surface area contributed by atoms with E-state index in [0.29, 0.717) is 11.6 Å². The van der Waals surface area contributed by atoms with Gasteiger partial charge in [-0.3, -0.25) is 4.79 Å². The van der Waals surface area contributed by atoms with Crippen molar-refractivity contribution in [2.24, 2.45) is 11.0 Å². The first-order valence-electron chi connectivity index (χ1n) is 6.62. The molecule has 1 heterocycles. The van der Waals surface area contributed by atoms with Crippen LogP contribution in [0.3, 0.4) is 0 Å². The topological polar surface area (TPSA) is 89.5 Å². The summed E-state index contributed by atoms with van der Waals surface area (Å²) in [6, 6.07) is 5.51. The maximum absolute atomic E-state index is 11.3. The zero-order valence-electron chi connectivity index (χ0n) is 11.2. The van der Waals surface area contributed by atoms with E-state index in [2.05, 4.69) is 10.6 Å². The van der Waals surface area contributed by atoms with E-state index in [1.54, 1.807) is 18.2 Å². The van der Waals surface area contributed by atoms with Crippen LogP contribution in [0.15, 0.2) is 23.5 Å². The van der Waals surface area contributed by atoms with Gasteiger partial charge in [0.1, 0.15) is 0 Å². The largest absolute Gasteiger partial charge is 0.366 e. The highest BCUT2D eigenvalue weighted by molar-refractivity contribution is 5.98. The quantitative estimate of drug-likeness (QED) is 0.826. The lowest BCUT2D eigenvalue weighted by Gasteiger charge is -2.22. The number of nitrogens with two attached hydrogens (primary N) is 1. The second-order valence-electron chi connectivity index (χ2n) is 5.14. The predicted molar refractivity (Wildman–Crippen MR) is 76.5 cm³/mol. The Morgan fingerprint density at radius 3 is 2.95 bits per heavy atom. The maximum Gasteiger partial charge on any atom is 0.248 e. The van der Waals surface area contributed by atoms with Gasteiger partial charge < -0.3 is 11.1 Å². The van der Waals surface area contributed by atoms with Crippen molar-refractivity contribution in [1.82, 2.24) is 9.99 Å². The van der Waals surface area contributed by atoms with Crippen LogP contribution in [0.5, 0.6) is 0 Å². The standard InChI is InChI=1S/C14H16N4O2/c1-16-9-3-5-13-11(7-9)10-6-8(14(15)19)2-4-12(10)18(13)17-20/h2,4,6,9,16H,3,5,7H2,1H3,(H2,15,19)/t9-/m1/s1. The Bertz CT molecular complexity index is 705. The average Bonchev–Trinajstić information content (AvgIpc) is 2.79. The molecule has 6 nitrogen and oxygen atoms in total. The van der Waals surface area contributed by atoms with E-state index < -0.39 is 5.91 Å². The molecular weight excluding hydrogens is 256 g/mol. The van der Waals surface area contributed by atoms with Gasteiger partial charge >= 0.3 is 0 Å². The van der Waals surface area contributed by atoms with E-state index in [9.17, 15) is 9.70 Å². The van der Waals surface area contributed by atoms with Crippen LogP contribution >= 0.6 is 0 Å². The fourth-order valence-corrected chi connectivity index (χ4v) is 3.03. The molecular formula is C14H16N4O2. The van der Waals surface area contributed by atoms with Gasteiger partial charge in [-0.1, -0.05) is 0 Å². The van der Waals surface area contributed by atoms with Gasteiger partial charge in [0.05, 0.1) is 10.8 Å². The molecule has 0 aliphatic heterocycles. The number of likely N-dealkylation sites (N-methyl/N-ethyl adjacent to an activating group) is 1. The highest BCUT2D eigenvalue weighted by Crippen LogP contribution is 2.32. The van der Waals surface area contributed by atoms with Crippen LogP contribution in [0.1, 0.15) is 28.0 Å². The minimum atomic E-state index is -0.464. The first-order chi connectivity index (χ1) is 9.65. The van der Waals surface area contributed by atoms with Crippen LogP contribution in [-0.4, -0.2) is 23.7 Å². The monoisotopic (exact) mass is 272 g/mol. The number of aromatic nitrogens is 1. The fourth-order valence-electron chi connectivity index (χ4n) is 3.03. The Kier molecular flexibility index (Phi) is 3.02. The first-order valence-corrected chi connectivity index (χ1v) is 6.62. The summed E-state index contributed by atoms with van der Waals surface area (Å²) in [5.74, 6) is -0.464. The highest BCUT2D eigenvalue weighted by Gasteiger charge is 2.25. The minimum absolute atomic E-state index is 0.380. The summed E-state index contributed by atoms with van der Waals surface area (Å²) in [7, 11) is 1.93. The predicted octanol–water partition coefficient (Wildman–Crippen LogP) is 1.35. The molecule has 0 unspecified atom stereocenters. The molecule has 20 heavy (non-hydrogen) atoms. The number of hydrogen-bond acceptors (Lipinski definition) is 4. The summed E-state index contributed by atoms with van der Waals surface area (Å²) in [5.41, 5.74) is 8.56. The number of hydrogen-bond donors (Lipinski definition) is 2. The van der Waals surface area contributed by atoms with Gasteiger partial charge in [0.25, 0.3) is 0 Å². The van der Waals surface area contributed by atoms with Gasteiger partial charge in [-0.05, 0) is 50.1 Å². The Labute approximate surface area is 115 Å². The van der Waals surface area contributed by atoms with Crippen LogP contribution in [0.4, 0.5) is 0 Å². The number of primary amides is 1. The number of nitrogens with one attached hydrogen (secondary N) is 1. The van der Waals surface area contributed by atoms with E-state index in [1.165, 1.54) is 4.68 Å². The Morgan fingerprint density at radius 2 is 2.30 bits per heavy atom. The third-order valence-electron chi connectivity index (χ3n) is 4.11. The molecule has 2 aromatic rings. The summed E-state index contributed by atoms with van der Waals surface area (Å²) in [4.78, 5) is 22.5. The summed E-state index contributed by atoms with van der Waals surface area (Å²) >= 11 is 0. The molecule has 1 atom stereocenters. The summed E-state index contributed by atoms with van der Waals surface area (Å²) in [6.07, 6.45) is 2.60. The zero-order chi connectivity index (χ0) is 14.3. The molecule has 1 amide bonds. The average molecular weight is 272 g/mol. The van der Waals surface area contributed by atoms with Gasteiger partial charge in [0.15, 0.2) is 0 Å². The molecule has 3 rings (SSSR count). The third-order valence-corrected chi connectivity index (χ3v) is 4.11. The number of carbonyl (C=O) groups is 1. The summed E-state index contributed by atoms with van der Waals surface area (Å²) in [5, 5.41) is 7.29. The van der Waals surface area contributed by atoms with Crippen LogP contribution in [0.2, 0.25) is 0 Å². The Morgan fingerprint density at radius 1 is 1.50 bits per heavy atom. The van der Waals surface area contributed by atoms with E-state index >= 15 is 0 Å². The van der Waals surface area contributed by atoms with Gasteiger partial charge in [-0.15, -0.1) is 4.91 Å². The van der Waals surface area contributed by atoms with Crippen LogP contribution < -0.4 is 11.1 Å². The molecule has 6 heteroatoms. The number of benzene rings is 1. The van der Waals surface area contributed by atoms with Crippen molar-refractivity contribution in [3.8, 4) is 0 Å². The number of carbonyl (C=O) groups excluding carboxylic acids is 1. The molecule has 0 spiro atoms. The second-order valence-corrected chi connectivity index (χ2v) is 5.14. The number of fused-ring (bicyclic) bond motifs is 3. The molecule has 1 aliphatic rings. The van der Waals surface area contributed by atoms with Crippen molar-refractivity contribution < 1.29 is 4.79 Å². The molecule has 0 bridgehead atoms. The van der Waals surface area contributed by atoms with Crippen LogP contribution in [-0.2, 0) is 12.8 Å². The number of rotatable bonds is 3. The number of nitroso groups, excluding NO2 is 1. The van der Waals surface area contributed by atoms with E-state index in [1.807, 2.05) is 7.05 Å². The molecule has 1 aliphatic carbocycles. The smallest absolute Gasteiger partial charge is 0.248 e. The molecule has 1 aromatic carbocycles. The fraction of sp³-hybridized carbons (Fsp3) is 0.357. The molecule has 0 saturated heterocycles. The van der Waals surface area contributed by atoms with Crippen molar-refractivity contribution in [1.29, 1.82) is 0 Å². The Hall–Kier alpha value is -2.21. The van der Waals surface area contributed by atoms with Crippen molar-refractivity contribution >= 4 is 16.8 Å². The first kappa shape index (κ1) is 12.8. The lowest BCUT2D eigenvalue weighted by Crippen LogP contribution is -2.31. The second kappa shape index (κ2) is 4.72. The van der Waals surface area contributed by atoms with Gasteiger partial charge in [-0.25, -0.2) is 4.68 Å². The molecule has 0 saturated carbocycles. The van der Waals surface area contributed by atoms with Crippen LogP contribution in [0, 0.1) is 4.91 Å². The number of nitrogens with zero attached hydrogens (tertiary/aromatic N) is 2. The van der Waals surface area contributed by atoms with Crippen molar-refractivity contribution in [3.05, 3.63) is 39.9 Å². The Balaban J connectivity index is 2.25. The van der Waals surface area contributed by atoms with Gasteiger partial charge in [-0.2, -0.15) is 0 Å². The maximum atomic E-state index is 11.3.